The number of nitrogens with two attached hydrogens (primary N) is 1. The fraction of sp³-hybridized carbons (Fsp3) is 0.818. The lowest BCUT2D eigenvalue weighted by Crippen LogP contribution is -2.46. The molecule has 0 spiro atoms. The second kappa shape index (κ2) is 10.7. The number of rotatable bonds is 7. The van der Waals surface area contributed by atoms with E-state index in [0.29, 0.717) is 0 Å². The molecule has 0 heterocycles. The summed E-state index contributed by atoms with van der Waals surface area (Å²) in [6.07, 6.45) is -6.84. The van der Waals surface area contributed by atoms with Crippen LogP contribution in [0.25, 0.3) is 0 Å². The van der Waals surface area contributed by atoms with E-state index in [1.807, 2.05) is 0 Å². The van der Waals surface area contributed by atoms with E-state index >= 15 is 0 Å². The van der Waals surface area contributed by atoms with E-state index in [-0.39, 0.29) is 12.2 Å². The van der Waals surface area contributed by atoms with Crippen LogP contribution in [0.1, 0.15) is 13.8 Å². The van der Waals surface area contributed by atoms with Crippen molar-refractivity contribution in [3.63, 3.8) is 0 Å². The molecule has 5 atom stereocenters. The predicted octanol–water partition coefficient (Wildman–Crippen LogP) is -3.32. The molecule has 0 saturated carbocycles. The zero-order valence-corrected chi connectivity index (χ0v) is 11.3. The summed E-state index contributed by atoms with van der Waals surface area (Å²) in [6, 6.07) is -0.713. The summed E-state index contributed by atoms with van der Waals surface area (Å²) in [5.41, 5.74) is 5.16. The highest BCUT2D eigenvalue weighted by atomic mass is 16.4. The molecule has 0 amide bonds. The second-order valence-electron chi connectivity index (χ2n) is 4.47. The summed E-state index contributed by atoms with van der Waals surface area (Å²) in [6.45, 7) is 2.79. The third kappa shape index (κ3) is 8.15. The van der Waals surface area contributed by atoms with Crippen molar-refractivity contribution in [3.8, 4) is 0 Å². The summed E-state index contributed by atoms with van der Waals surface area (Å²) in [5, 5.41) is 51.8. The molecule has 0 bridgehead atoms. The van der Waals surface area contributed by atoms with Crippen LogP contribution in [0.4, 0.5) is 0 Å². The van der Waals surface area contributed by atoms with Gasteiger partial charge < -0.3 is 41.2 Å². The Morgan fingerprint density at radius 2 is 1.60 bits per heavy atom. The van der Waals surface area contributed by atoms with Crippen LogP contribution in [-0.4, -0.2) is 80.0 Å². The van der Waals surface area contributed by atoms with E-state index in [1.165, 1.54) is 0 Å². The highest BCUT2D eigenvalue weighted by molar-refractivity contribution is 5.73. The molecule has 0 radical (unpaired) electrons. The van der Waals surface area contributed by atoms with Gasteiger partial charge in [0.1, 0.15) is 30.5 Å². The molecule has 120 valence electrons. The van der Waals surface area contributed by atoms with Gasteiger partial charge >= 0.3 is 5.97 Å². The van der Waals surface area contributed by atoms with Crippen molar-refractivity contribution in [1.29, 1.82) is 0 Å². The van der Waals surface area contributed by atoms with Crippen LogP contribution >= 0.6 is 0 Å². The van der Waals surface area contributed by atoms with Gasteiger partial charge in [-0.25, -0.2) is 0 Å². The first-order chi connectivity index (χ1) is 9.09. The lowest BCUT2D eigenvalue weighted by Gasteiger charge is -2.22. The minimum atomic E-state index is -1.79. The third-order valence-corrected chi connectivity index (χ3v) is 2.42. The van der Waals surface area contributed by atoms with Gasteiger partial charge in [0.25, 0.3) is 0 Å². The monoisotopic (exact) mass is 297 g/mol. The number of aliphatic hydroxyl groups is 5. The average Bonchev–Trinajstić information content (AvgIpc) is 2.43. The predicted molar refractivity (Wildman–Crippen MR) is 67.6 cm³/mol. The molecule has 1 unspecified atom stereocenters. The Kier molecular flexibility index (Phi) is 11.3. The highest BCUT2D eigenvalue weighted by Gasteiger charge is 2.29. The molecule has 8 N–H and O–H groups in total. The number of carbonyl (C=O) groups excluding carboxylic acids is 1. The number of hydrogen-bond donors (Lipinski definition) is 7. The maximum absolute atomic E-state index is 10.0. The van der Waals surface area contributed by atoms with Gasteiger partial charge in [0.05, 0.1) is 6.61 Å². The lowest BCUT2D eigenvalue weighted by atomic mass is 10.0. The molecule has 0 saturated heterocycles. The molecule has 0 rings (SSSR count). The van der Waals surface area contributed by atoms with E-state index in [9.17, 15) is 9.59 Å². The minimum Gasteiger partial charge on any atom is -0.480 e. The topological polar surface area (TPSA) is 182 Å². The van der Waals surface area contributed by atoms with Crippen LogP contribution in [0, 0.1) is 5.92 Å². The Morgan fingerprint density at radius 1 is 1.15 bits per heavy atom. The Hall–Kier alpha value is -1.10. The maximum Gasteiger partial charge on any atom is 0.320 e. The normalized spacial score (nSPS) is 18.2. The van der Waals surface area contributed by atoms with Crippen molar-refractivity contribution in [2.75, 3.05) is 6.61 Å². The molecule has 0 aromatic carbocycles. The van der Waals surface area contributed by atoms with E-state index in [0.717, 1.165) is 0 Å². The molecule has 9 heteroatoms. The van der Waals surface area contributed by atoms with Gasteiger partial charge in [-0.1, -0.05) is 13.8 Å². The molecular formula is C11H23NO8. The molecule has 0 aromatic rings. The van der Waals surface area contributed by atoms with Crippen molar-refractivity contribution in [3.05, 3.63) is 0 Å². The highest BCUT2D eigenvalue weighted by Crippen LogP contribution is 2.02. The van der Waals surface area contributed by atoms with E-state index in [1.54, 1.807) is 13.8 Å². The van der Waals surface area contributed by atoms with Crippen LogP contribution < -0.4 is 5.73 Å². The SMILES string of the molecule is CC(C)C(N)C(=O)O.O=C[C@H](O)[C@@H](O)[C@@H](O)[C@H](O)CO. The van der Waals surface area contributed by atoms with Crippen LogP contribution in [0.15, 0.2) is 0 Å². The zero-order chi connectivity index (χ0) is 16.5. The summed E-state index contributed by atoms with van der Waals surface area (Å²) >= 11 is 0. The van der Waals surface area contributed by atoms with Crippen LogP contribution in [0.3, 0.4) is 0 Å². The first-order valence-electron chi connectivity index (χ1n) is 5.86. The fourth-order valence-electron chi connectivity index (χ4n) is 0.903. The Morgan fingerprint density at radius 3 is 1.80 bits per heavy atom. The molecule has 9 nitrogen and oxygen atoms in total. The number of aldehydes is 1. The molecular weight excluding hydrogens is 274 g/mol. The van der Waals surface area contributed by atoms with Gasteiger partial charge in [0.2, 0.25) is 0 Å². The molecule has 0 fully saturated rings. The van der Waals surface area contributed by atoms with Gasteiger partial charge in [-0.3, -0.25) is 4.79 Å². The summed E-state index contributed by atoms with van der Waals surface area (Å²) in [5.74, 6) is -0.910. The number of aliphatic hydroxyl groups excluding tert-OH is 5. The van der Waals surface area contributed by atoms with Gasteiger partial charge in [-0.05, 0) is 5.92 Å². The van der Waals surface area contributed by atoms with Crippen molar-refractivity contribution >= 4 is 12.3 Å². The van der Waals surface area contributed by atoms with E-state index in [4.69, 9.17) is 36.4 Å². The molecule has 20 heavy (non-hydrogen) atoms. The van der Waals surface area contributed by atoms with Crippen molar-refractivity contribution < 1.29 is 40.2 Å². The Labute approximate surface area is 116 Å². The van der Waals surface area contributed by atoms with Crippen molar-refractivity contribution in [2.24, 2.45) is 11.7 Å². The quantitative estimate of drug-likeness (QED) is 0.236. The smallest absolute Gasteiger partial charge is 0.320 e. The van der Waals surface area contributed by atoms with E-state index < -0.39 is 43.0 Å². The van der Waals surface area contributed by atoms with Gasteiger partial charge in [0.15, 0.2) is 6.29 Å². The second-order valence-corrected chi connectivity index (χ2v) is 4.47. The number of hydrogen-bond acceptors (Lipinski definition) is 8. The van der Waals surface area contributed by atoms with Gasteiger partial charge in [-0.15, -0.1) is 0 Å². The first kappa shape index (κ1) is 21.2. The van der Waals surface area contributed by atoms with Gasteiger partial charge in [0, 0.05) is 0 Å². The summed E-state index contributed by atoms with van der Waals surface area (Å²) in [7, 11) is 0. The van der Waals surface area contributed by atoms with Crippen LogP contribution in [0.2, 0.25) is 0 Å². The van der Waals surface area contributed by atoms with E-state index in [2.05, 4.69) is 0 Å². The average molecular weight is 297 g/mol. The van der Waals surface area contributed by atoms with Crippen molar-refractivity contribution in [2.45, 2.75) is 44.3 Å². The van der Waals surface area contributed by atoms with Gasteiger partial charge in [-0.2, -0.15) is 0 Å². The third-order valence-electron chi connectivity index (χ3n) is 2.42. The standard InChI is InChI=1S/C6H12O6.C5H11NO2/c7-1-3(9)5(11)6(12)4(10)2-8;1-3(2)4(6)5(7)8/h1,3-6,8-12H,2H2;3-4H,6H2,1-2H3,(H,7,8)/t3-,4+,5+,6-;/m0./s1. The molecule has 0 aliphatic carbocycles. The minimum absolute atomic E-state index is 0.0208. The number of carbonyl (C=O) groups is 2. The van der Waals surface area contributed by atoms with Crippen LogP contribution in [-0.2, 0) is 9.59 Å². The Bertz CT molecular complexity index is 286. The maximum atomic E-state index is 10.0. The summed E-state index contributed by atoms with van der Waals surface area (Å²) < 4.78 is 0. The lowest BCUT2D eigenvalue weighted by molar-refractivity contribution is -0.139. The Balaban J connectivity index is 0. The van der Waals surface area contributed by atoms with Crippen LogP contribution in [0.5, 0.6) is 0 Å². The summed E-state index contributed by atoms with van der Waals surface area (Å²) in [4.78, 5) is 19.9. The number of carboxylic acids is 1. The largest absolute Gasteiger partial charge is 0.480 e. The number of aliphatic carboxylic acids is 1. The fourth-order valence-corrected chi connectivity index (χ4v) is 0.903. The molecule has 0 aliphatic heterocycles. The molecule has 0 aliphatic rings. The first-order valence-corrected chi connectivity index (χ1v) is 5.86. The van der Waals surface area contributed by atoms with Crippen molar-refractivity contribution in [1.82, 2.24) is 0 Å². The number of carboxylic acid groups (broad SMARTS) is 1. The zero-order valence-electron chi connectivity index (χ0n) is 11.3. The molecule has 0 aromatic heterocycles.